The summed E-state index contributed by atoms with van der Waals surface area (Å²) in [6, 6.07) is 3.97. The number of carbonyl (C=O) groups is 1. The van der Waals surface area contributed by atoms with Crippen molar-refractivity contribution in [3.63, 3.8) is 0 Å². The minimum Gasteiger partial charge on any atom is -0.389 e. The van der Waals surface area contributed by atoms with Gasteiger partial charge in [-0.1, -0.05) is 12.2 Å². The number of carbonyl (C=O) groups excluding carboxylic acids is 1. The molecule has 0 spiro atoms. The first kappa shape index (κ1) is 11.0. The predicted molar refractivity (Wildman–Crippen MR) is 63.6 cm³/mol. The first-order valence-electron chi connectivity index (χ1n) is 4.98. The monoisotopic (exact) mass is 238 g/mol. The van der Waals surface area contributed by atoms with Crippen LogP contribution in [0.25, 0.3) is 0 Å². The quantitative estimate of drug-likeness (QED) is 0.790. The summed E-state index contributed by atoms with van der Waals surface area (Å²) < 4.78 is 13.0. The second-order valence-corrected chi connectivity index (χ2v) is 4.26. The van der Waals surface area contributed by atoms with Gasteiger partial charge in [0, 0.05) is 11.5 Å². The molecule has 1 fully saturated rings. The summed E-state index contributed by atoms with van der Waals surface area (Å²) in [4.78, 5) is 11.6. The molecular formula is C11H11FN2OS. The number of nitrogens with two attached hydrogens (primary N) is 1. The highest BCUT2D eigenvalue weighted by atomic mass is 32.1. The van der Waals surface area contributed by atoms with Gasteiger partial charge in [-0.25, -0.2) is 4.39 Å². The van der Waals surface area contributed by atoms with Gasteiger partial charge in [0.2, 0.25) is 5.91 Å². The van der Waals surface area contributed by atoms with Crippen molar-refractivity contribution in [3.05, 3.63) is 29.6 Å². The normalized spacial score (nSPS) is 14.6. The molecule has 0 saturated heterocycles. The number of anilines is 1. The maximum absolute atomic E-state index is 13.0. The molecule has 16 heavy (non-hydrogen) atoms. The van der Waals surface area contributed by atoms with Crippen molar-refractivity contribution in [3.8, 4) is 0 Å². The Hall–Kier alpha value is -1.49. The third kappa shape index (κ3) is 2.36. The molecule has 1 aliphatic carbocycles. The lowest BCUT2D eigenvalue weighted by Gasteiger charge is -2.09. The van der Waals surface area contributed by atoms with E-state index in [1.54, 1.807) is 0 Å². The Kier molecular flexibility index (Phi) is 2.87. The topological polar surface area (TPSA) is 55.1 Å². The molecule has 0 aliphatic heterocycles. The zero-order valence-corrected chi connectivity index (χ0v) is 9.31. The van der Waals surface area contributed by atoms with Crippen LogP contribution in [0.4, 0.5) is 10.1 Å². The van der Waals surface area contributed by atoms with Crippen LogP contribution in [0, 0.1) is 11.7 Å². The van der Waals surface area contributed by atoms with Crippen molar-refractivity contribution in [2.75, 3.05) is 5.32 Å². The fraction of sp³-hybridized carbons (Fsp3) is 0.273. The molecule has 0 aromatic heterocycles. The molecule has 0 radical (unpaired) electrons. The maximum atomic E-state index is 13.0. The standard InChI is InChI=1S/C11H11FN2OS/c12-7-3-4-9(8(5-7)10(13)16)14-11(15)6-1-2-6/h3-6H,1-2H2,(H2,13,16)(H,14,15). The fourth-order valence-electron chi connectivity index (χ4n) is 1.41. The highest BCUT2D eigenvalue weighted by molar-refractivity contribution is 7.80. The molecule has 0 atom stereocenters. The number of benzene rings is 1. The number of hydrogen-bond acceptors (Lipinski definition) is 2. The van der Waals surface area contributed by atoms with Gasteiger partial charge in [0.05, 0.1) is 5.69 Å². The first-order valence-corrected chi connectivity index (χ1v) is 5.39. The van der Waals surface area contributed by atoms with Crippen LogP contribution < -0.4 is 11.1 Å². The summed E-state index contributed by atoms with van der Waals surface area (Å²) in [5.74, 6) is -0.388. The molecule has 1 aromatic carbocycles. The van der Waals surface area contributed by atoms with E-state index in [0.29, 0.717) is 11.3 Å². The maximum Gasteiger partial charge on any atom is 0.227 e. The van der Waals surface area contributed by atoms with Gasteiger partial charge >= 0.3 is 0 Å². The number of thiocarbonyl (C=S) groups is 1. The Labute approximate surface area is 97.8 Å². The van der Waals surface area contributed by atoms with Crippen LogP contribution in [-0.2, 0) is 4.79 Å². The van der Waals surface area contributed by atoms with Crippen molar-refractivity contribution in [2.24, 2.45) is 11.7 Å². The number of rotatable bonds is 3. The molecule has 0 heterocycles. The van der Waals surface area contributed by atoms with E-state index in [-0.39, 0.29) is 16.8 Å². The Morgan fingerprint density at radius 1 is 1.50 bits per heavy atom. The summed E-state index contributed by atoms with van der Waals surface area (Å²) in [6.07, 6.45) is 1.82. The van der Waals surface area contributed by atoms with Gasteiger partial charge in [-0.2, -0.15) is 0 Å². The molecule has 1 aliphatic rings. The highest BCUT2D eigenvalue weighted by Crippen LogP contribution is 2.30. The minimum absolute atomic E-state index is 0.0518. The largest absolute Gasteiger partial charge is 0.389 e. The van der Waals surface area contributed by atoms with E-state index < -0.39 is 5.82 Å². The zero-order valence-electron chi connectivity index (χ0n) is 8.50. The lowest BCUT2D eigenvalue weighted by molar-refractivity contribution is -0.117. The molecule has 5 heteroatoms. The predicted octanol–water partition coefficient (Wildman–Crippen LogP) is 1.81. The average Bonchev–Trinajstić information content (AvgIpc) is 3.03. The summed E-state index contributed by atoms with van der Waals surface area (Å²) in [6.45, 7) is 0. The van der Waals surface area contributed by atoms with E-state index in [1.165, 1.54) is 18.2 Å². The van der Waals surface area contributed by atoms with E-state index in [4.69, 9.17) is 18.0 Å². The third-order valence-electron chi connectivity index (χ3n) is 2.45. The van der Waals surface area contributed by atoms with Crippen molar-refractivity contribution in [2.45, 2.75) is 12.8 Å². The molecule has 1 saturated carbocycles. The fourth-order valence-corrected chi connectivity index (χ4v) is 1.58. The minimum atomic E-state index is -0.424. The van der Waals surface area contributed by atoms with Gasteiger partial charge in [0.1, 0.15) is 10.8 Å². The van der Waals surface area contributed by atoms with Gasteiger partial charge in [-0.3, -0.25) is 4.79 Å². The van der Waals surface area contributed by atoms with Crippen LogP contribution in [0.1, 0.15) is 18.4 Å². The summed E-state index contributed by atoms with van der Waals surface area (Å²) >= 11 is 4.80. The van der Waals surface area contributed by atoms with Gasteiger partial charge in [0.15, 0.2) is 0 Å². The van der Waals surface area contributed by atoms with Gasteiger partial charge in [-0.15, -0.1) is 0 Å². The second kappa shape index (κ2) is 4.17. The molecule has 1 aromatic rings. The Bertz CT molecular complexity index is 457. The van der Waals surface area contributed by atoms with Gasteiger partial charge in [-0.05, 0) is 31.0 Å². The van der Waals surface area contributed by atoms with E-state index in [9.17, 15) is 9.18 Å². The van der Waals surface area contributed by atoms with E-state index in [2.05, 4.69) is 5.32 Å². The summed E-state index contributed by atoms with van der Waals surface area (Å²) in [5, 5.41) is 2.71. The van der Waals surface area contributed by atoms with E-state index in [0.717, 1.165) is 12.8 Å². The van der Waals surface area contributed by atoms with Crippen LogP contribution in [0.2, 0.25) is 0 Å². The van der Waals surface area contributed by atoms with Crippen molar-refractivity contribution in [1.29, 1.82) is 0 Å². The smallest absolute Gasteiger partial charge is 0.227 e. The van der Waals surface area contributed by atoms with Crippen LogP contribution >= 0.6 is 12.2 Å². The Balaban J connectivity index is 2.24. The van der Waals surface area contributed by atoms with E-state index in [1.807, 2.05) is 0 Å². The molecule has 3 nitrogen and oxygen atoms in total. The number of nitrogens with one attached hydrogen (secondary N) is 1. The summed E-state index contributed by atoms with van der Waals surface area (Å²) in [5.41, 5.74) is 6.31. The van der Waals surface area contributed by atoms with Crippen molar-refractivity contribution < 1.29 is 9.18 Å². The lowest BCUT2D eigenvalue weighted by Crippen LogP contribution is -2.18. The Morgan fingerprint density at radius 2 is 2.19 bits per heavy atom. The second-order valence-electron chi connectivity index (χ2n) is 3.82. The van der Waals surface area contributed by atoms with Gasteiger partial charge < -0.3 is 11.1 Å². The Morgan fingerprint density at radius 3 is 2.75 bits per heavy atom. The van der Waals surface area contributed by atoms with Crippen molar-refractivity contribution >= 4 is 28.8 Å². The number of halogens is 1. The number of hydrogen-bond donors (Lipinski definition) is 2. The van der Waals surface area contributed by atoms with Crippen LogP contribution in [0.3, 0.4) is 0 Å². The first-order chi connectivity index (χ1) is 7.58. The SMILES string of the molecule is NC(=S)c1cc(F)ccc1NC(=O)C1CC1. The molecule has 3 N–H and O–H groups in total. The highest BCUT2D eigenvalue weighted by Gasteiger charge is 2.30. The van der Waals surface area contributed by atoms with Crippen LogP contribution in [0.5, 0.6) is 0 Å². The van der Waals surface area contributed by atoms with Crippen LogP contribution in [0.15, 0.2) is 18.2 Å². The number of amides is 1. The molecule has 2 rings (SSSR count). The van der Waals surface area contributed by atoms with Crippen LogP contribution in [-0.4, -0.2) is 10.9 Å². The molecular weight excluding hydrogens is 227 g/mol. The zero-order chi connectivity index (χ0) is 11.7. The van der Waals surface area contributed by atoms with Crippen molar-refractivity contribution in [1.82, 2.24) is 0 Å². The summed E-state index contributed by atoms with van der Waals surface area (Å²) in [7, 11) is 0. The molecule has 0 unspecified atom stereocenters. The lowest BCUT2D eigenvalue weighted by atomic mass is 10.1. The van der Waals surface area contributed by atoms with E-state index >= 15 is 0 Å². The third-order valence-corrected chi connectivity index (χ3v) is 2.67. The molecule has 0 bridgehead atoms. The molecule has 1 amide bonds. The molecule has 84 valence electrons. The van der Waals surface area contributed by atoms with Gasteiger partial charge in [0.25, 0.3) is 0 Å². The average molecular weight is 238 g/mol.